The van der Waals surface area contributed by atoms with Crippen molar-refractivity contribution in [3.8, 4) is 0 Å². The molecule has 1 saturated heterocycles. The minimum atomic E-state index is 0.0573. The summed E-state index contributed by atoms with van der Waals surface area (Å²) in [6, 6.07) is 8.35. The topological polar surface area (TPSA) is 78.0 Å². The van der Waals surface area contributed by atoms with E-state index in [4.69, 9.17) is 9.73 Å². The largest absolute Gasteiger partial charge is 0.379 e. The van der Waals surface area contributed by atoms with Crippen LogP contribution in [-0.4, -0.2) is 62.2 Å². The normalized spacial score (nSPS) is 16.4. The molecule has 1 aromatic rings. The SMILES string of the molecule is CCCC(=O)Nc1ccc(CN=C(NCC)NCC(C(C)C)N2CCOCC2)cc1. The number of rotatable bonds is 10. The average molecular weight is 418 g/mol. The lowest BCUT2D eigenvalue weighted by molar-refractivity contribution is -0.116. The summed E-state index contributed by atoms with van der Waals surface area (Å²) in [7, 11) is 0. The second-order valence-corrected chi connectivity index (χ2v) is 8.03. The molecular formula is C23H39N5O2. The number of guanidine groups is 1. The predicted molar refractivity (Wildman–Crippen MR) is 124 cm³/mol. The number of anilines is 1. The predicted octanol–water partition coefficient (Wildman–Crippen LogP) is 2.84. The van der Waals surface area contributed by atoms with Crippen LogP contribution >= 0.6 is 0 Å². The van der Waals surface area contributed by atoms with E-state index in [1.165, 1.54) is 0 Å². The Kier molecular flexibility index (Phi) is 10.7. The van der Waals surface area contributed by atoms with Gasteiger partial charge >= 0.3 is 0 Å². The first-order chi connectivity index (χ1) is 14.5. The number of ether oxygens (including phenoxy) is 1. The number of aliphatic imine (C=N–C) groups is 1. The average Bonchev–Trinajstić information content (AvgIpc) is 2.74. The molecule has 0 radical (unpaired) electrons. The van der Waals surface area contributed by atoms with Gasteiger partial charge in [-0.15, -0.1) is 0 Å². The molecule has 1 fully saturated rings. The van der Waals surface area contributed by atoms with Crippen LogP contribution < -0.4 is 16.0 Å². The monoisotopic (exact) mass is 417 g/mol. The summed E-state index contributed by atoms with van der Waals surface area (Å²) < 4.78 is 5.50. The van der Waals surface area contributed by atoms with Gasteiger partial charge in [-0.1, -0.05) is 32.9 Å². The lowest BCUT2D eigenvalue weighted by Gasteiger charge is -2.37. The van der Waals surface area contributed by atoms with Gasteiger partial charge < -0.3 is 20.7 Å². The molecule has 2 rings (SSSR count). The van der Waals surface area contributed by atoms with Crippen LogP contribution in [0.2, 0.25) is 0 Å². The van der Waals surface area contributed by atoms with Gasteiger partial charge in [0.1, 0.15) is 0 Å². The molecule has 0 aliphatic carbocycles. The number of hydrogen-bond acceptors (Lipinski definition) is 4. The third-order valence-electron chi connectivity index (χ3n) is 5.24. The molecule has 1 aliphatic rings. The highest BCUT2D eigenvalue weighted by atomic mass is 16.5. The molecule has 0 aromatic heterocycles. The molecule has 1 heterocycles. The number of hydrogen-bond donors (Lipinski definition) is 3. The van der Waals surface area contributed by atoms with E-state index in [0.29, 0.717) is 24.9 Å². The molecule has 168 valence electrons. The van der Waals surface area contributed by atoms with Crippen LogP contribution in [0.4, 0.5) is 5.69 Å². The molecule has 1 atom stereocenters. The van der Waals surface area contributed by atoms with Gasteiger partial charge in [0.2, 0.25) is 5.91 Å². The number of morpholine rings is 1. The summed E-state index contributed by atoms with van der Waals surface area (Å²) >= 11 is 0. The van der Waals surface area contributed by atoms with Gasteiger partial charge in [-0.25, -0.2) is 4.99 Å². The van der Waals surface area contributed by atoms with E-state index in [1.54, 1.807) is 0 Å². The van der Waals surface area contributed by atoms with Crippen LogP contribution in [-0.2, 0) is 16.1 Å². The molecule has 1 aromatic carbocycles. The highest BCUT2D eigenvalue weighted by molar-refractivity contribution is 5.90. The molecule has 7 heteroatoms. The minimum absolute atomic E-state index is 0.0573. The number of nitrogens with one attached hydrogen (secondary N) is 3. The van der Waals surface area contributed by atoms with Crippen LogP contribution in [0.5, 0.6) is 0 Å². The summed E-state index contributed by atoms with van der Waals surface area (Å²) in [6.07, 6.45) is 1.40. The van der Waals surface area contributed by atoms with Crippen molar-refractivity contribution in [2.45, 2.75) is 53.1 Å². The van der Waals surface area contributed by atoms with E-state index in [0.717, 1.165) is 63.0 Å². The maximum atomic E-state index is 11.7. The van der Waals surface area contributed by atoms with E-state index in [-0.39, 0.29) is 5.91 Å². The first-order valence-corrected chi connectivity index (χ1v) is 11.3. The summed E-state index contributed by atoms with van der Waals surface area (Å²) in [4.78, 5) is 19.0. The van der Waals surface area contributed by atoms with Gasteiger partial charge in [0.25, 0.3) is 0 Å². The van der Waals surface area contributed by atoms with Gasteiger partial charge in [-0.05, 0) is 37.0 Å². The fraction of sp³-hybridized carbons (Fsp3) is 0.652. The summed E-state index contributed by atoms with van der Waals surface area (Å²) in [5, 5.41) is 9.78. The zero-order chi connectivity index (χ0) is 21.8. The smallest absolute Gasteiger partial charge is 0.224 e. The standard InChI is InChI=1S/C23H39N5O2/c1-5-7-22(29)27-20-10-8-19(9-11-20)16-25-23(24-6-2)26-17-21(18(3)4)28-12-14-30-15-13-28/h8-11,18,21H,5-7,12-17H2,1-4H3,(H,27,29)(H2,24,25,26). The maximum Gasteiger partial charge on any atom is 0.224 e. The molecule has 1 unspecified atom stereocenters. The van der Waals surface area contributed by atoms with Crippen LogP contribution in [0.3, 0.4) is 0 Å². The summed E-state index contributed by atoms with van der Waals surface area (Å²) in [6.45, 7) is 14.5. The first kappa shape index (κ1) is 24.2. The summed E-state index contributed by atoms with van der Waals surface area (Å²) in [5.41, 5.74) is 1.94. The zero-order valence-corrected chi connectivity index (χ0v) is 19.0. The van der Waals surface area contributed by atoms with Crippen molar-refractivity contribution in [2.24, 2.45) is 10.9 Å². The van der Waals surface area contributed by atoms with E-state index in [2.05, 4.69) is 41.6 Å². The van der Waals surface area contributed by atoms with Gasteiger partial charge in [-0.3, -0.25) is 9.69 Å². The third-order valence-corrected chi connectivity index (χ3v) is 5.24. The van der Waals surface area contributed by atoms with Crippen molar-refractivity contribution in [2.75, 3.05) is 44.7 Å². The van der Waals surface area contributed by atoms with E-state index in [9.17, 15) is 4.79 Å². The Morgan fingerprint density at radius 2 is 1.83 bits per heavy atom. The van der Waals surface area contributed by atoms with Crippen LogP contribution in [0.1, 0.15) is 46.1 Å². The molecule has 0 saturated carbocycles. The van der Waals surface area contributed by atoms with E-state index < -0.39 is 0 Å². The van der Waals surface area contributed by atoms with Crippen LogP contribution in [0.25, 0.3) is 0 Å². The Hall–Kier alpha value is -2.12. The number of amides is 1. The Balaban J connectivity index is 1.92. The molecule has 0 spiro atoms. The second kappa shape index (κ2) is 13.2. The van der Waals surface area contributed by atoms with Gasteiger partial charge in [0.15, 0.2) is 5.96 Å². The molecule has 1 amide bonds. The third kappa shape index (κ3) is 8.32. The second-order valence-electron chi connectivity index (χ2n) is 8.03. The van der Waals surface area contributed by atoms with Crippen LogP contribution in [0.15, 0.2) is 29.3 Å². The highest BCUT2D eigenvalue weighted by Crippen LogP contribution is 2.13. The molecule has 30 heavy (non-hydrogen) atoms. The van der Waals surface area contributed by atoms with Crippen molar-refractivity contribution >= 4 is 17.6 Å². The van der Waals surface area contributed by atoms with Crippen molar-refractivity contribution in [3.63, 3.8) is 0 Å². The Bertz CT molecular complexity index is 654. The first-order valence-electron chi connectivity index (χ1n) is 11.3. The van der Waals surface area contributed by atoms with Gasteiger partial charge in [-0.2, -0.15) is 0 Å². The quantitative estimate of drug-likeness (QED) is 0.403. The number of carbonyl (C=O) groups excluding carboxylic acids is 1. The summed E-state index contributed by atoms with van der Waals surface area (Å²) in [5.74, 6) is 1.44. The number of nitrogens with zero attached hydrogens (tertiary/aromatic N) is 2. The Morgan fingerprint density at radius 3 is 2.43 bits per heavy atom. The van der Waals surface area contributed by atoms with Gasteiger partial charge in [0, 0.05) is 44.3 Å². The van der Waals surface area contributed by atoms with E-state index in [1.807, 2.05) is 31.2 Å². The maximum absolute atomic E-state index is 11.7. The number of benzene rings is 1. The molecule has 0 bridgehead atoms. The molecule has 3 N–H and O–H groups in total. The Morgan fingerprint density at radius 1 is 1.13 bits per heavy atom. The molecule has 7 nitrogen and oxygen atoms in total. The fourth-order valence-electron chi connectivity index (χ4n) is 3.55. The van der Waals surface area contributed by atoms with Gasteiger partial charge in [0.05, 0.1) is 19.8 Å². The Labute approximate surface area is 181 Å². The lowest BCUT2D eigenvalue weighted by Crippen LogP contribution is -2.52. The minimum Gasteiger partial charge on any atom is -0.379 e. The van der Waals surface area contributed by atoms with E-state index >= 15 is 0 Å². The molecular weight excluding hydrogens is 378 g/mol. The highest BCUT2D eigenvalue weighted by Gasteiger charge is 2.23. The van der Waals surface area contributed by atoms with Crippen LogP contribution in [0, 0.1) is 5.92 Å². The van der Waals surface area contributed by atoms with Crippen molar-refractivity contribution in [3.05, 3.63) is 29.8 Å². The van der Waals surface area contributed by atoms with Crippen molar-refractivity contribution < 1.29 is 9.53 Å². The van der Waals surface area contributed by atoms with Crippen molar-refractivity contribution in [1.82, 2.24) is 15.5 Å². The number of carbonyl (C=O) groups is 1. The fourth-order valence-corrected chi connectivity index (χ4v) is 3.55. The zero-order valence-electron chi connectivity index (χ0n) is 19.0. The lowest BCUT2D eigenvalue weighted by atomic mass is 10.0. The molecule has 1 aliphatic heterocycles. The van der Waals surface area contributed by atoms with Crippen molar-refractivity contribution in [1.29, 1.82) is 0 Å².